The zero-order valence-corrected chi connectivity index (χ0v) is 9.28. The van der Waals surface area contributed by atoms with E-state index in [-0.39, 0.29) is 5.60 Å². The second-order valence-corrected chi connectivity index (χ2v) is 4.19. The Labute approximate surface area is 90.6 Å². The van der Waals surface area contributed by atoms with E-state index in [0.717, 1.165) is 19.6 Å². The van der Waals surface area contributed by atoms with Gasteiger partial charge in [0.15, 0.2) is 0 Å². The molecule has 0 atom stereocenters. The zero-order chi connectivity index (χ0) is 10.6. The molecule has 0 saturated heterocycles. The van der Waals surface area contributed by atoms with Crippen LogP contribution in [-0.4, -0.2) is 35.6 Å². The quantitative estimate of drug-likeness (QED) is 0.712. The molecule has 0 bridgehead atoms. The number of methoxy groups -OCH3 is 1. The number of nitrogens with one attached hydrogen (secondary N) is 1. The number of ether oxygens (including phenoxy) is 1. The molecule has 0 spiro atoms. The fourth-order valence-corrected chi connectivity index (χ4v) is 1.97. The number of hydrogen-bond donors (Lipinski definition) is 1. The van der Waals surface area contributed by atoms with Crippen LogP contribution in [0.15, 0.2) is 18.5 Å². The van der Waals surface area contributed by atoms with Crippen molar-refractivity contribution in [1.82, 2.24) is 15.1 Å². The van der Waals surface area contributed by atoms with Crippen molar-refractivity contribution in [3.8, 4) is 0 Å². The van der Waals surface area contributed by atoms with E-state index in [2.05, 4.69) is 10.4 Å². The fourth-order valence-electron chi connectivity index (χ4n) is 1.97. The van der Waals surface area contributed by atoms with Crippen LogP contribution in [0.3, 0.4) is 0 Å². The highest BCUT2D eigenvalue weighted by Gasteiger charge is 2.36. The average molecular weight is 209 g/mol. The lowest BCUT2D eigenvalue weighted by molar-refractivity contribution is -0.0693. The van der Waals surface area contributed by atoms with Gasteiger partial charge in [0.2, 0.25) is 0 Å². The summed E-state index contributed by atoms with van der Waals surface area (Å²) in [4.78, 5) is 0. The highest BCUT2D eigenvalue weighted by Crippen LogP contribution is 2.34. The molecule has 0 unspecified atom stereocenters. The summed E-state index contributed by atoms with van der Waals surface area (Å²) >= 11 is 0. The Hall–Kier alpha value is -0.870. The largest absolute Gasteiger partial charge is 0.377 e. The van der Waals surface area contributed by atoms with E-state index in [1.165, 1.54) is 19.3 Å². The minimum absolute atomic E-state index is 0.129. The molecule has 4 heteroatoms. The Morgan fingerprint density at radius 2 is 2.40 bits per heavy atom. The molecular formula is C11H19N3O. The van der Waals surface area contributed by atoms with Crippen LogP contribution in [0.1, 0.15) is 19.3 Å². The van der Waals surface area contributed by atoms with Gasteiger partial charge >= 0.3 is 0 Å². The van der Waals surface area contributed by atoms with E-state index in [9.17, 15) is 0 Å². The van der Waals surface area contributed by atoms with Crippen LogP contribution in [0.2, 0.25) is 0 Å². The Balaban J connectivity index is 1.62. The maximum absolute atomic E-state index is 5.53. The maximum Gasteiger partial charge on any atom is 0.0802 e. The van der Waals surface area contributed by atoms with Crippen molar-refractivity contribution in [1.29, 1.82) is 0 Å². The molecule has 0 aromatic carbocycles. The van der Waals surface area contributed by atoms with Gasteiger partial charge < -0.3 is 10.1 Å². The summed E-state index contributed by atoms with van der Waals surface area (Å²) in [5.41, 5.74) is 0.129. The average Bonchev–Trinajstić information content (AvgIpc) is 2.68. The monoisotopic (exact) mass is 209 g/mol. The molecule has 2 rings (SSSR count). The second kappa shape index (κ2) is 4.77. The van der Waals surface area contributed by atoms with Crippen molar-refractivity contribution < 1.29 is 4.74 Å². The first-order valence-corrected chi connectivity index (χ1v) is 5.58. The fraction of sp³-hybridized carbons (Fsp3) is 0.727. The van der Waals surface area contributed by atoms with Crippen LogP contribution in [0.4, 0.5) is 0 Å². The van der Waals surface area contributed by atoms with Crippen molar-refractivity contribution in [3.63, 3.8) is 0 Å². The summed E-state index contributed by atoms with van der Waals surface area (Å²) in [6.45, 7) is 2.84. The highest BCUT2D eigenvalue weighted by molar-refractivity contribution is 4.91. The number of aromatic nitrogens is 2. The molecule has 1 aromatic rings. The first-order valence-electron chi connectivity index (χ1n) is 5.58. The van der Waals surface area contributed by atoms with E-state index < -0.39 is 0 Å². The van der Waals surface area contributed by atoms with Crippen LogP contribution in [0, 0.1) is 0 Å². The first-order chi connectivity index (χ1) is 7.35. The standard InChI is InChI=1S/C11H19N3O/c1-15-11(4-2-5-11)10-12-7-9-14-8-3-6-13-14/h3,6,8,12H,2,4-5,7,9-10H2,1H3. The normalized spacial score (nSPS) is 18.7. The zero-order valence-electron chi connectivity index (χ0n) is 9.28. The van der Waals surface area contributed by atoms with Crippen molar-refractivity contribution in [2.75, 3.05) is 20.2 Å². The Bertz CT molecular complexity index is 275. The molecule has 1 N–H and O–H groups in total. The molecule has 0 radical (unpaired) electrons. The molecule has 4 nitrogen and oxygen atoms in total. The Kier molecular flexibility index (Phi) is 3.38. The van der Waals surface area contributed by atoms with Crippen LogP contribution < -0.4 is 5.32 Å². The lowest BCUT2D eigenvalue weighted by Crippen LogP contribution is -2.48. The summed E-state index contributed by atoms with van der Waals surface area (Å²) < 4.78 is 7.46. The van der Waals surface area contributed by atoms with Gasteiger partial charge in [0.05, 0.1) is 12.1 Å². The molecule has 84 valence electrons. The smallest absolute Gasteiger partial charge is 0.0802 e. The van der Waals surface area contributed by atoms with E-state index in [1.807, 2.05) is 30.3 Å². The predicted octanol–water partition coefficient (Wildman–Crippen LogP) is 1.04. The molecular weight excluding hydrogens is 190 g/mol. The summed E-state index contributed by atoms with van der Waals surface area (Å²) in [5.74, 6) is 0. The lowest BCUT2D eigenvalue weighted by Gasteiger charge is -2.40. The molecule has 0 aliphatic heterocycles. The van der Waals surface area contributed by atoms with Crippen LogP contribution in [-0.2, 0) is 11.3 Å². The van der Waals surface area contributed by atoms with Crippen molar-refractivity contribution in [2.45, 2.75) is 31.4 Å². The van der Waals surface area contributed by atoms with Gasteiger partial charge in [-0.15, -0.1) is 0 Å². The van der Waals surface area contributed by atoms with Gasteiger partial charge in [-0.1, -0.05) is 0 Å². The molecule has 15 heavy (non-hydrogen) atoms. The predicted molar refractivity (Wildman–Crippen MR) is 58.7 cm³/mol. The lowest BCUT2D eigenvalue weighted by atomic mass is 9.80. The Morgan fingerprint density at radius 1 is 1.53 bits per heavy atom. The topological polar surface area (TPSA) is 39.1 Å². The summed E-state index contributed by atoms with van der Waals surface area (Å²) in [5, 5.41) is 7.58. The molecule has 1 heterocycles. The third kappa shape index (κ3) is 2.58. The van der Waals surface area contributed by atoms with Crippen molar-refractivity contribution in [3.05, 3.63) is 18.5 Å². The SMILES string of the molecule is COC1(CNCCn2cccn2)CCC1. The minimum atomic E-state index is 0.129. The van der Waals surface area contributed by atoms with Gasteiger partial charge in [-0.05, 0) is 25.3 Å². The van der Waals surface area contributed by atoms with Crippen LogP contribution >= 0.6 is 0 Å². The van der Waals surface area contributed by atoms with E-state index in [0.29, 0.717) is 0 Å². The van der Waals surface area contributed by atoms with Gasteiger partial charge in [-0.2, -0.15) is 5.10 Å². The molecule has 1 aliphatic rings. The second-order valence-electron chi connectivity index (χ2n) is 4.19. The number of rotatable bonds is 6. The van der Waals surface area contributed by atoms with Gasteiger partial charge in [-0.25, -0.2) is 0 Å². The summed E-state index contributed by atoms with van der Waals surface area (Å²) in [6, 6.07) is 1.95. The van der Waals surface area contributed by atoms with E-state index in [4.69, 9.17) is 4.74 Å². The van der Waals surface area contributed by atoms with Gasteiger partial charge in [0.25, 0.3) is 0 Å². The molecule has 1 aliphatic carbocycles. The van der Waals surface area contributed by atoms with Gasteiger partial charge in [0.1, 0.15) is 0 Å². The van der Waals surface area contributed by atoms with E-state index >= 15 is 0 Å². The molecule has 1 fully saturated rings. The maximum atomic E-state index is 5.53. The van der Waals surface area contributed by atoms with Crippen molar-refractivity contribution in [2.24, 2.45) is 0 Å². The van der Waals surface area contributed by atoms with Crippen LogP contribution in [0.25, 0.3) is 0 Å². The number of hydrogen-bond acceptors (Lipinski definition) is 3. The number of nitrogens with zero attached hydrogens (tertiary/aromatic N) is 2. The van der Waals surface area contributed by atoms with Gasteiger partial charge in [-0.3, -0.25) is 4.68 Å². The minimum Gasteiger partial charge on any atom is -0.377 e. The first kappa shape index (κ1) is 10.6. The third-order valence-corrected chi connectivity index (χ3v) is 3.22. The van der Waals surface area contributed by atoms with Gasteiger partial charge in [0, 0.05) is 32.6 Å². The van der Waals surface area contributed by atoms with Crippen molar-refractivity contribution >= 4 is 0 Å². The van der Waals surface area contributed by atoms with E-state index in [1.54, 1.807) is 0 Å². The molecule has 1 aromatic heterocycles. The molecule has 0 amide bonds. The van der Waals surface area contributed by atoms with Crippen LogP contribution in [0.5, 0.6) is 0 Å². The highest BCUT2D eigenvalue weighted by atomic mass is 16.5. The summed E-state index contributed by atoms with van der Waals surface area (Å²) in [7, 11) is 1.81. The third-order valence-electron chi connectivity index (χ3n) is 3.22. The Morgan fingerprint density at radius 3 is 2.93 bits per heavy atom. The summed E-state index contributed by atoms with van der Waals surface area (Å²) in [6.07, 6.45) is 7.48. The molecule has 1 saturated carbocycles.